The molecule has 1 heterocycles. The van der Waals surface area contributed by atoms with Crippen LogP contribution in [-0.4, -0.2) is 28.6 Å². The van der Waals surface area contributed by atoms with Gasteiger partial charge in [-0.15, -0.1) is 37.1 Å². The number of benzene rings is 1. The van der Waals surface area contributed by atoms with E-state index < -0.39 is 6.36 Å². The third-order valence-corrected chi connectivity index (χ3v) is 3.29. The molecule has 0 aliphatic heterocycles. The fourth-order valence-electron chi connectivity index (χ4n) is 2.28. The van der Waals surface area contributed by atoms with E-state index in [0.717, 1.165) is 11.4 Å². The topological polar surface area (TPSA) is 77.5 Å². The van der Waals surface area contributed by atoms with Crippen LogP contribution in [0, 0.1) is 13.8 Å². The maximum Gasteiger partial charge on any atom is 0.573 e. The van der Waals surface area contributed by atoms with Gasteiger partial charge in [0.05, 0.1) is 11.4 Å². The summed E-state index contributed by atoms with van der Waals surface area (Å²) in [4.78, 5) is 4.11. The number of hydrogen-bond acceptors (Lipinski definition) is 3. The van der Waals surface area contributed by atoms with Crippen molar-refractivity contribution < 1.29 is 17.9 Å². The molecule has 3 N–H and O–H groups in total. The van der Waals surface area contributed by atoms with Crippen molar-refractivity contribution in [2.45, 2.75) is 33.2 Å². The Balaban J connectivity index is 0.00000338. The second-order valence-corrected chi connectivity index (χ2v) is 5.44. The molecule has 0 unspecified atom stereocenters. The highest BCUT2D eigenvalue weighted by molar-refractivity contribution is 14.0. The molecule has 0 atom stereocenters. The van der Waals surface area contributed by atoms with Crippen LogP contribution in [0.4, 0.5) is 18.9 Å². The molecule has 0 saturated carbocycles. The van der Waals surface area contributed by atoms with E-state index in [0.29, 0.717) is 19.5 Å². The average Bonchev–Trinajstić information content (AvgIpc) is 2.82. The number of nitrogens with one attached hydrogen (secondary N) is 1. The van der Waals surface area contributed by atoms with Gasteiger partial charge in [0.15, 0.2) is 11.7 Å². The molecule has 0 saturated heterocycles. The van der Waals surface area contributed by atoms with Crippen LogP contribution in [0.1, 0.15) is 17.8 Å². The normalized spacial score (nSPS) is 11.8. The molecule has 6 nitrogen and oxygen atoms in total. The molecule has 2 aromatic rings. The number of ether oxygens (including phenoxy) is 1. The Hall–Kier alpha value is -1.98. The number of anilines is 1. The maximum atomic E-state index is 12.4. The molecule has 1 aromatic heterocycles. The number of aromatic nitrogens is 2. The third-order valence-electron chi connectivity index (χ3n) is 3.29. The largest absolute Gasteiger partial charge is 0.573 e. The van der Waals surface area contributed by atoms with Gasteiger partial charge >= 0.3 is 6.36 Å². The number of nitrogens with two attached hydrogens (primary N) is 1. The summed E-state index contributed by atoms with van der Waals surface area (Å²) in [5, 5.41) is 6.97. The van der Waals surface area contributed by atoms with Crippen LogP contribution in [0.2, 0.25) is 0 Å². The van der Waals surface area contributed by atoms with E-state index >= 15 is 0 Å². The molecule has 2 rings (SSSR count). The Morgan fingerprint density at radius 1 is 1.31 bits per heavy atom. The summed E-state index contributed by atoms with van der Waals surface area (Å²) in [6.45, 7) is 4.99. The first-order valence-corrected chi connectivity index (χ1v) is 7.67. The number of guanidine groups is 1. The Morgan fingerprint density at radius 2 is 2.00 bits per heavy atom. The lowest BCUT2D eigenvalue weighted by Gasteiger charge is -2.14. The van der Waals surface area contributed by atoms with Crippen molar-refractivity contribution in [3.8, 4) is 5.75 Å². The van der Waals surface area contributed by atoms with Crippen LogP contribution in [0.5, 0.6) is 5.75 Å². The van der Waals surface area contributed by atoms with Gasteiger partial charge in [0, 0.05) is 18.8 Å². The zero-order valence-electron chi connectivity index (χ0n) is 14.4. The molecule has 0 amide bonds. The lowest BCUT2D eigenvalue weighted by molar-refractivity contribution is -0.274. The predicted molar refractivity (Wildman–Crippen MR) is 105 cm³/mol. The van der Waals surface area contributed by atoms with Crippen molar-refractivity contribution in [1.82, 2.24) is 9.78 Å². The number of halogens is 4. The van der Waals surface area contributed by atoms with Gasteiger partial charge in [-0.25, -0.2) is 0 Å². The quantitative estimate of drug-likeness (QED) is 0.284. The first-order valence-electron chi connectivity index (χ1n) is 7.67. The van der Waals surface area contributed by atoms with Crippen LogP contribution >= 0.6 is 24.0 Å². The summed E-state index contributed by atoms with van der Waals surface area (Å²) in [7, 11) is 0. The number of nitrogens with zero attached hydrogens (tertiary/aromatic N) is 3. The zero-order valence-corrected chi connectivity index (χ0v) is 16.7. The summed E-state index contributed by atoms with van der Waals surface area (Å²) in [5.74, 6) is -0.345. The van der Waals surface area contributed by atoms with E-state index in [-0.39, 0.29) is 41.4 Å². The van der Waals surface area contributed by atoms with E-state index in [2.05, 4.69) is 20.1 Å². The lowest BCUT2D eigenvalue weighted by Crippen LogP contribution is -2.24. The fourth-order valence-corrected chi connectivity index (χ4v) is 2.28. The second kappa shape index (κ2) is 9.64. The number of rotatable bonds is 6. The number of para-hydroxylation sites is 2. The van der Waals surface area contributed by atoms with Crippen molar-refractivity contribution >= 4 is 35.6 Å². The van der Waals surface area contributed by atoms with Gasteiger partial charge in [-0.3, -0.25) is 9.67 Å². The third kappa shape index (κ3) is 7.10. The first kappa shape index (κ1) is 22.1. The fraction of sp³-hybridized carbons (Fsp3) is 0.375. The monoisotopic (exact) mass is 483 g/mol. The van der Waals surface area contributed by atoms with E-state index in [9.17, 15) is 13.2 Å². The Kier molecular flexibility index (Phi) is 8.18. The molecule has 26 heavy (non-hydrogen) atoms. The van der Waals surface area contributed by atoms with Crippen molar-refractivity contribution in [1.29, 1.82) is 0 Å². The molecule has 10 heteroatoms. The molecule has 0 aliphatic rings. The van der Waals surface area contributed by atoms with Gasteiger partial charge in [0.1, 0.15) is 0 Å². The van der Waals surface area contributed by atoms with E-state index in [1.54, 1.807) is 6.07 Å². The predicted octanol–water partition coefficient (Wildman–Crippen LogP) is 3.83. The minimum absolute atomic E-state index is 0. The second-order valence-electron chi connectivity index (χ2n) is 5.44. The van der Waals surface area contributed by atoms with Gasteiger partial charge in [-0.2, -0.15) is 5.10 Å². The van der Waals surface area contributed by atoms with E-state index in [1.165, 1.54) is 18.2 Å². The highest BCUT2D eigenvalue weighted by Gasteiger charge is 2.32. The van der Waals surface area contributed by atoms with Crippen LogP contribution in [0.3, 0.4) is 0 Å². The minimum atomic E-state index is -4.77. The zero-order chi connectivity index (χ0) is 18.4. The lowest BCUT2D eigenvalue weighted by atomic mass is 10.3. The van der Waals surface area contributed by atoms with Crippen LogP contribution in [0.25, 0.3) is 0 Å². The molecule has 0 radical (unpaired) electrons. The highest BCUT2D eigenvalue weighted by atomic mass is 127. The van der Waals surface area contributed by atoms with Crippen molar-refractivity contribution in [2.75, 3.05) is 11.9 Å². The molecule has 0 aliphatic carbocycles. The summed E-state index contributed by atoms with van der Waals surface area (Å²) < 4.78 is 43.0. The molecule has 0 fully saturated rings. The minimum Gasteiger partial charge on any atom is -0.404 e. The van der Waals surface area contributed by atoms with Gasteiger partial charge in [0.25, 0.3) is 0 Å². The summed E-state index contributed by atoms with van der Waals surface area (Å²) in [5.41, 5.74) is 7.84. The highest BCUT2D eigenvalue weighted by Crippen LogP contribution is 2.29. The van der Waals surface area contributed by atoms with Crippen molar-refractivity contribution in [2.24, 2.45) is 10.7 Å². The SMILES string of the molecule is Cc1cc(C)n(CCCN=C(N)Nc2ccccc2OC(F)(F)F)n1.I. The molecule has 0 spiro atoms. The van der Waals surface area contributed by atoms with E-state index in [1.807, 2.05) is 24.6 Å². The average molecular weight is 483 g/mol. The molecule has 144 valence electrons. The Labute approximate surface area is 166 Å². The van der Waals surface area contributed by atoms with Crippen LogP contribution in [0.15, 0.2) is 35.3 Å². The van der Waals surface area contributed by atoms with E-state index in [4.69, 9.17) is 5.73 Å². The summed E-state index contributed by atoms with van der Waals surface area (Å²) in [6.07, 6.45) is -4.07. The number of aliphatic imine (C=N–C) groups is 1. The standard InChI is InChI=1S/C16H20F3N5O.HI/c1-11-10-12(2)24(23-11)9-5-8-21-15(20)22-13-6-3-4-7-14(13)25-16(17,18)19;/h3-4,6-7,10H,5,8-9H2,1-2H3,(H3,20,21,22);1H. The summed E-state index contributed by atoms with van der Waals surface area (Å²) in [6, 6.07) is 7.62. The van der Waals surface area contributed by atoms with Crippen molar-refractivity contribution in [3.63, 3.8) is 0 Å². The number of aryl methyl sites for hydroxylation is 3. The smallest absolute Gasteiger partial charge is 0.404 e. The number of alkyl halides is 3. The molecular formula is C16H21F3IN5O. The first-order chi connectivity index (χ1) is 11.7. The Morgan fingerprint density at radius 3 is 2.62 bits per heavy atom. The van der Waals surface area contributed by atoms with Crippen LogP contribution in [-0.2, 0) is 6.54 Å². The number of hydrogen-bond donors (Lipinski definition) is 2. The van der Waals surface area contributed by atoms with Gasteiger partial charge < -0.3 is 15.8 Å². The maximum absolute atomic E-state index is 12.4. The van der Waals surface area contributed by atoms with Gasteiger partial charge in [-0.05, 0) is 38.5 Å². The molecule has 0 bridgehead atoms. The van der Waals surface area contributed by atoms with Crippen molar-refractivity contribution in [3.05, 3.63) is 41.7 Å². The summed E-state index contributed by atoms with van der Waals surface area (Å²) >= 11 is 0. The van der Waals surface area contributed by atoms with Gasteiger partial charge in [-0.1, -0.05) is 12.1 Å². The van der Waals surface area contributed by atoms with Crippen LogP contribution < -0.4 is 15.8 Å². The van der Waals surface area contributed by atoms with Gasteiger partial charge in [0.2, 0.25) is 0 Å². The Bertz CT molecular complexity index is 746. The molecule has 1 aromatic carbocycles. The molecular weight excluding hydrogens is 462 g/mol.